The molecule has 3 aromatic carbocycles. The molecule has 30 heavy (non-hydrogen) atoms. The molecule has 152 valence electrons. The van der Waals surface area contributed by atoms with E-state index >= 15 is 0 Å². The molecule has 1 aromatic heterocycles. The number of carboxylic acid groups (broad SMARTS) is 1. The van der Waals surface area contributed by atoms with Crippen molar-refractivity contribution in [3.63, 3.8) is 0 Å². The summed E-state index contributed by atoms with van der Waals surface area (Å²) in [5.74, 6) is -2.05. The Hall–Kier alpha value is -3.52. The van der Waals surface area contributed by atoms with Crippen LogP contribution in [-0.2, 0) is 10.0 Å². The molecular formula is C22H17FN2O4S. The van der Waals surface area contributed by atoms with Crippen LogP contribution in [0.3, 0.4) is 0 Å². The summed E-state index contributed by atoms with van der Waals surface area (Å²) in [6.07, 6.45) is 0. The highest BCUT2D eigenvalue weighted by atomic mass is 32.2. The highest BCUT2D eigenvalue weighted by molar-refractivity contribution is 7.90. The van der Waals surface area contributed by atoms with Crippen molar-refractivity contribution in [1.82, 2.24) is 9.19 Å². The third-order valence-electron chi connectivity index (χ3n) is 4.75. The number of rotatable bonds is 4. The first kappa shape index (κ1) is 19.8. The Labute approximate surface area is 172 Å². The number of carbonyl (C=O) groups is 1. The number of nitrogens with zero attached hydrogens (tertiary/aromatic N) is 2. The second-order valence-corrected chi connectivity index (χ2v) is 8.80. The fourth-order valence-electron chi connectivity index (χ4n) is 3.44. The van der Waals surface area contributed by atoms with Gasteiger partial charge in [0.15, 0.2) is 0 Å². The number of para-hydroxylation sites is 1. The minimum Gasteiger partial charge on any atom is -0.478 e. The minimum atomic E-state index is -4.04. The molecule has 0 fully saturated rings. The molecule has 0 radical (unpaired) electrons. The Kier molecular flexibility index (Phi) is 4.66. The normalized spacial score (nSPS) is 11.7. The van der Waals surface area contributed by atoms with Crippen molar-refractivity contribution >= 4 is 26.9 Å². The number of carboxylic acids is 1. The van der Waals surface area contributed by atoms with Crippen LogP contribution in [0.15, 0.2) is 65.6 Å². The van der Waals surface area contributed by atoms with Crippen molar-refractivity contribution in [2.75, 3.05) is 0 Å². The van der Waals surface area contributed by atoms with E-state index in [0.29, 0.717) is 10.9 Å². The maximum atomic E-state index is 14.7. The SMILES string of the molecule is Cc1cc(C)cc(S(=O)(=O)n2nc(-c3ccc(C(=O)O)cc3F)c3ccccc32)c1. The Balaban J connectivity index is 1.98. The number of aromatic nitrogens is 2. The van der Waals surface area contributed by atoms with Gasteiger partial charge in [-0.25, -0.2) is 9.18 Å². The largest absolute Gasteiger partial charge is 0.478 e. The van der Waals surface area contributed by atoms with E-state index in [2.05, 4.69) is 5.10 Å². The summed E-state index contributed by atoms with van der Waals surface area (Å²) in [6.45, 7) is 3.61. The summed E-state index contributed by atoms with van der Waals surface area (Å²) >= 11 is 0. The molecule has 0 saturated heterocycles. The van der Waals surface area contributed by atoms with Gasteiger partial charge in [-0.15, -0.1) is 0 Å². The summed E-state index contributed by atoms with van der Waals surface area (Å²) in [4.78, 5) is 11.2. The molecule has 1 N–H and O–H groups in total. The van der Waals surface area contributed by atoms with Crippen LogP contribution in [0.2, 0.25) is 0 Å². The first-order chi connectivity index (χ1) is 14.2. The molecule has 4 rings (SSSR count). The van der Waals surface area contributed by atoms with Crippen LogP contribution in [0.25, 0.3) is 22.2 Å². The molecule has 0 spiro atoms. The molecule has 0 unspecified atom stereocenters. The zero-order chi connectivity index (χ0) is 21.6. The predicted octanol–water partition coefficient (Wildman–Crippen LogP) is 4.39. The van der Waals surface area contributed by atoms with Crippen molar-refractivity contribution in [3.05, 3.63) is 83.2 Å². The Bertz CT molecular complexity index is 1400. The van der Waals surface area contributed by atoms with Crippen molar-refractivity contribution in [2.24, 2.45) is 0 Å². The van der Waals surface area contributed by atoms with Gasteiger partial charge in [-0.3, -0.25) is 0 Å². The van der Waals surface area contributed by atoms with Crippen molar-refractivity contribution in [1.29, 1.82) is 0 Å². The molecule has 8 heteroatoms. The van der Waals surface area contributed by atoms with Gasteiger partial charge in [0.25, 0.3) is 10.0 Å². The van der Waals surface area contributed by atoms with Crippen molar-refractivity contribution in [3.8, 4) is 11.3 Å². The number of aromatic carboxylic acids is 1. The maximum Gasteiger partial charge on any atom is 0.335 e. The van der Waals surface area contributed by atoms with Crippen molar-refractivity contribution in [2.45, 2.75) is 18.7 Å². The first-order valence-electron chi connectivity index (χ1n) is 9.03. The highest BCUT2D eigenvalue weighted by Crippen LogP contribution is 2.32. The average Bonchev–Trinajstić information content (AvgIpc) is 3.07. The van der Waals surface area contributed by atoms with Gasteiger partial charge in [-0.2, -0.15) is 17.6 Å². The second kappa shape index (κ2) is 7.07. The monoisotopic (exact) mass is 424 g/mol. The number of halogens is 1. The van der Waals surface area contributed by atoms with E-state index < -0.39 is 21.8 Å². The minimum absolute atomic E-state index is 0.0190. The standard InChI is InChI=1S/C22H17FN2O4S/c1-13-9-14(2)11-16(10-13)30(28,29)25-20-6-4-3-5-18(20)21(24-25)17-8-7-15(22(26)27)12-19(17)23/h3-12H,1-2H3,(H,26,27). The van der Waals surface area contributed by atoms with Crippen molar-refractivity contribution < 1.29 is 22.7 Å². The van der Waals surface area contributed by atoms with Gasteiger partial charge >= 0.3 is 5.97 Å². The van der Waals surface area contributed by atoms with Crippen LogP contribution in [0.5, 0.6) is 0 Å². The Morgan fingerprint density at radius 3 is 2.30 bits per heavy atom. The predicted molar refractivity (Wildman–Crippen MR) is 111 cm³/mol. The zero-order valence-corrected chi connectivity index (χ0v) is 16.9. The van der Waals surface area contributed by atoms with Crippen LogP contribution in [0.1, 0.15) is 21.5 Å². The molecule has 0 aliphatic rings. The summed E-state index contributed by atoms with van der Waals surface area (Å²) < 4.78 is 42.3. The smallest absolute Gasteiger partial charge is 0.335 e. The van der Waals surface area contributed by atoms with Gasteiger partial charge in [0.1, 0.15) is 11.5 Å². The third-order valence-corrected chi connectivity index (χ3v) is 6.31. The van der Waals surface area contributed by atoms with E-state index in [1.165, 1.54) is 12.1 Å². The van der Waals surface area contributed by atoms with Crippen LogP contribution in [-0.4, -0.2) is 28.7 Å². The molecule has 0 aliphatic heterocycles. The molecule has 0 saturated carbocycles. The lowest BCUT2D eigenvalue weighted by Crippen LogP contribution is -2.15. The van der Waals surface area contributed by atoms with Gasteiger partial charge < -0.3 is 5.11 Å². The molecule has 0 bridgehead atoms. The number of benzene rings is 3. The second-order valence-electron chi connectivity index (χ2n) is 7.04. The average molecular weight is 424 g/mol. The van der Waals surface area contributed by atoms with Gasteiger partial charge in [-0.05, 0) is 61.4 Å². The van der Waals surface area contributed by atoms with Crippen LogP contribution < -0.4 is 0 Å². The van der Waals surface area contributed by atoms with E-state index in [0.717, 1.165) is 21.3 Å². The first-order valence-corrected chi connectivity index (χ1v) is 10.5. The summed E-state index contributed by atoms with van der Waals surface area (Å²) in [5.41, 5.74) is 1.82. The number of aryl methyl sites for hydroxylation is 2. The molecule has 0 amide bonds. The fraction of sp³-hybridized carbons (Fsp3) is 0.0909. The Morgan fingerprint density at radius 2 is 1.67 bits per heavy atom. The van der Waals surface area contributed by atoms with Crippen LogP contribution >= 0.6 is 0 Å². The summed E-state index contributed by atoms with van der Waals surface area (Å²) in [7, 11) is -4.04. The maximum absolute atomic E-state index is 14.7. The molecule has 0 atom stereocenters. The molecular weight excluding hydrogens is 407 g/mol. The van der Waals surface area contributed by atoms with E-state index in [-0.39, 0.29) is 21.7 Å². The van der Waals surface area contributed by atoms with E-state index in [4.69, 9.17) is 5.11 Å². The lowest BCUT2D eigenvalue weighted by Gasteiger charge is -2.08. The molecule has 4 aromatic rings. The topological polar surface area (TPSA) is 89.3 Å². The van der Waals surface area contributed by atoms with Gasteiger partial charge in [0.2, 0.25) is 0 Å². The summed E-state index contributed by atoms with van der Waals surface area (Å²) in [5, 5.41) is 13.7. The third kappa shape index (κ3) is 3.25. The molecule has 0 aliphatic carbocycles. The number of fused-ring (bicyclic) bond motifs is 1. The van der Waals surface area contributed by atoms with E-state index in [1.807, 2.05) is 6.07 Å². The van der Waals surface area contributed by atoms with Gasteiger partial charge in [-0.1, -0.05) is 24.3 Å². The molecule has 1 heterocycles. The van der Waals surface area contributed by atoms with Gasteiger partial charge in [0, 0.05) is 10.9 Å². The number of hydrogen-bond acceptors (Lipinski definition) is 4. The quantitative estimate of drug-likeness (QED) is 0.525. The van der Waals surface area contributed by atoms with Gasteiger partial charge in [0.05, 0.1) is 16.0 Å². The summed E-state index contributed by atoms with van der Waals surface area (Å²) in [6, 6.07) is 15.0. The lowest BCUT2D eigenvalue weighted by molar-refractivity contribution is 0.0696. The zero-order valence-electron chi connectivity index (χ0n) is 16.1. The molecule has 6 nitrogen and oxygen atoms in total. The highest BCUT2D eigenvalue weighted by Gasteiger charge is 2.25. The van der Waals surface area contributed by atoms with E-state index in [9.17, 15) is 17.6 Å². The van der Waals surface area contributed by atoms with E-state index in [1.54, 1.807) is 50.2 Å². The number of hydrogen-bond donors (Lipinski definition) is 1. The Morgan fingerprint density at radius 1 is 1.00 bits per heavy atom. The lowest BCUT2D eigenvalue weighted by atomic mass is 10.1. The van der Waals surface area contributed by atoms with Crippen LogP contribution in [0.4, 0.5) is 4.39 Å². The fourth-order valence-corrected chi connectivity index (χ4v) is 4.92. The van der Waals surface area contributed by atoms with Crippen LogP contribution in [0, 0.1) is 19.7 Å².